The van der Waals surface area contributed by atoms with E-state index in [2.05, 4.69) is 4.98 Å². The van der Waals surface area contributed by atoms with E-state index in [1.54, 1.807) is 18.3 Å². The second-order valence-corrected chi connectivity index (χ2v) is 3.91. The summed E-state index contributed by atoms with van der Waals surface area (Å²) in [6.45, 7) is 0. The lowest BCUT2D eigenvalue weighted by Crippen LogP contribution is -1.91. The van der Waals surface area contributed by atoms with E-state index >= 15 is 0 Å². The minimum atomic E-state index is 0.597. The van der Waals surface area contributed by atoms with Crippen molar-refractivity contribution in [3.8, 4) is 0 Å². The van der Waals surface area contributed by atoms with Crippen molar-refractivity contribution in [2.75, 3.05) is 0 Å². The zero-order valence-electron chi connectivity index (χ0n) is 8.56. The summed E-state index contributed by atoms with van der Waals surface area (Å²) in [5, 5.41) is 0.619. The van der Waals surface area contributed by atoms with Crippen LogP contribution in [-0.2, 0) is 6.42 Å². The number of aldehydes is 1. The topological polar surface area (TPSA) is 30.0 Å². The van der Waals surface area contributed by atoms with Crippen molar-refractivity contribution in [1.82, 2.24) is 4.98 Å². The van der Waals surface area contributed by atoms with E-state index in [9.17, 15) is 4.79 Å². The number of hydrogen-bond donors (Lipinski definition) is 0. The van der Waals surface area contributed by atoms with Crippen LogP contribution in [0.4, 0.5) is 0 Å². The summed E-state index contributed by atoms with van der Waals surface area (Å²) in [7, 11) is 0. The number of carbonyl (C=O) groups is 1. The fourth-order valence-corrected chi connectivity index (χ4v) is 1.76. The number of halogens is 1. The van der Waals surface area contributed by atoms with Gasteiger partial charge < -0.3 is 0 Å². The number of nitrogens with zero attached hydrogens (tertiary/aromatic N) is 1. The van der Waals surface area contributed by atoms with Gasteiger partial charge in [-0.25, -0.2) is 0 Å². The molecule has 0 saturated heterocycles. The summed E-state index contributed by atoms with van der Waals surface area (Å²) in [4.78, 5) is 14.6. The molecule has 0 aliphatic carbocycles. The highest BCUT2D eigenvalue weighted by molar-refractivity contribution is 6.31. The first-order chi connectivity index (χ1) is 7.79. The van der Waals surface area contributed by atoms with Crippen LogP contribution in [0.1, 0.15) is 21.5 Å². The molecule has 0 bridgehead atoms. The lowest BCUT2D eigenvalue weighted by Gasteiger charge is -2.04. The summed E-state index contributed by atoms with van der Waals surface area (Å²) in [6, 6.07) is 9.21. The van der Waals surface area contributed by atoms with Gasteiger partial charge in [0.05, 0.1) is 0 Å². The molecule has 16 heavy (non-hydrogen) atoms. The fourth-order valence-electron chi connectivity index (χ4n) is 1.50. The Kier molecular flexibility index (Phi) is 3.32. The zero-order valence-corrected chi connectivity index (χ0v) is 9.32. The summed E-state index contributed by atoms with van der Waals surface area (Å²) < 4.78 is 0. The quantitative estimate of drug-likeness (QED) is 0.760. The van der Waals surface area contributed by atoms with Gasteiger partial charge in [-0.3, -0.25) is 9.78 Å². The first-order valence-electron chi connectivity index (χ1n) is 4.92. The molecule has 0 saturated carbocycles. The molecule has 3 heteroatoms. The number of aromatic nitrogens is 1. The van der Waals surface area contributed by atoms with Crippen LogP contribution in [0, 0.1) is 0 Å². The van der Waals surface area contributed by atoms with Crippen molar-refractivity contribution in [1.29, 1.82) is 0 Å². The average molecular weight is 232 g/mol. The van der Waals surface area contributed by atoms with Crippen molar-refractivity contribution in [2.45, 2.75) is 6.42 Å². The smallest absolute Gasteiger partial charge is 0.150 e. The van der Waals surface area contributed by atoms with E-state index in [1.807, 2.05) is 24.4 Å². The van der Waals surface area contributed by atoms with Crippen LogP contribution in [0.5, 0.6) is 0 Å². The van der Waals surface area contributed by atoms with E-state index in [1.165, 1.54) is 0 Å². The Labute approximate surface area is 98.9 Å². The van der Waals surface area contributed by atoms with Crippen LogP contribution in [0.3, 0.4) is 0 Å². The average Bonchev–Trinajstić information content (AvgIpc) is 2.33. The molecular weight excluding hydrogens is 222 g/mol. The van der Waals surface area contributed by atoms with Crippen LogP contribution >= 0.6 is 11.6 Å². The maximum atomic E-state index is 10.6. The van der Waals surface area contributed by atoms with Gasteiger partial charge in [-0.15, -0.1) is 0 Å². The lowest BCUT2D eigenvalue weighted by atomic mass is 10.1. The maximum Gasteiger partial charge on any atom is 0.150 e. The molecule has 1 aromatic carbocycles. The molecule has 0 aliphatic rings. The molecule has 1 aromatic heterocycles. The number of rotatable bonds is 3. The Morgan fingerprint density at radius 1 is 1.31 bits per heavy atom. The second-order valence-electron chi connectivity index (χ2n) is 3.51. The number of pyridine rings is 1. The molecule has 2 nitrogen and oxygen atoms in total. The third kappa shape index (κ3) is 2.47. The highest BCUT2D eigenvalue weighted by atomic mass is 35.5. The highest BCUT2D eigenvalue weighted by Crippen LogP contribution is 2.20. The molecule has 0 fully saturated rings. The summed E-state index contributed by atoms with van der Waals surface area (Å²) in [5.41, 5.74) is 2.70. The van der Waals surface area contributed by atoms with Crippen molar-refractivity contribution in [3.05, 3.63) is 64.4 Å². The maximum absolute atomic E-state index is 10.6. The Bertz CT molecular complexity index is 497. The zero-order chi connectivity index (χ0) is 11.4. The number of benzene rings is 1. The minimum Gasteiger partial charge on any atom is -0.298 e. The molecule has 0 amide bonds. The molecule has 2 aromatic rings. The number of hydrogen-bond acceptors (Lipinski definition) is 2. The Morgan fingerprint density at radius 3 is 2.81 bits per heavy atom. The third-order valence-corrected chi connectivity index (χ3v) is 2.68. The summed E-state index contributed by atoms with van der Waals surface area (Å²) >= 11 is 6.08. The molecular formula is C13H10ClNO. The van der Waals surface area contributed by atoms with Crippen LogP contribution in [0.2, 0.25) is 5.02 Å². The van der Waals surface area contributed by atoms with E-state index in [4.69, 9.17) is 11.6 Å². The van der Waals surface area contributed by atoms with Gasteiger partial charge in [-0.1, -0.05) is 29.8 Å². The predicted molar refractivity (Wildman–Crippen MR) is 63.9 cm³/mol. The van der Waals surface area contributed by atoms with E-state index in [0.717, 1.165) is 23.8 Å². The van der Waals surface area contributed by atoms with Crippen LogP contribution in [0.15, 0.2) is 42.7 Å². The fraction of sp³-hybridized carbons (Fsp3) is 0.0769. The summed E-state index contributed by atoms with van der Waals surface area (Å²) in [5.74, 6) is 0. The van der Waals surface area contributed by atoms with E-state index < -0.39 is 0 Å². The molecule has 0 radical (unpaired) electrons. The monoisotopic (exact) mass is 231 g/mol. The van der Waals surface area contributed by atoms with Crippen molar-refractivity contribution < 1.29 is 4.79 Å². The normalized spacial score (nSPS) is 10.1. The molecule has 0 spiro atoms. The van der Waals surface area contributed by atoms with E-state index in [0.29, 0.717) is 10.6 Å². The molecule has 0 atom stereocenters. The third-order valence-electron chi connectivity index (χ3n) is 2.33. The van der Waals surface area contributed by atoms with Crippen molar-refractivity contribution >= 4 is 17.9 Å². The SMILES string of the molecule is O=Cc1ccc(Cc2cccnc2)c(Cl)c1. The minimum absolute atomic E-state index is 0.597. The molecule has 0 aliphatic heterocycles. The molecule has 80 valence electrons. The molecule has 0 unspecified atom stereocenters. The first kappa shape index (κ1) is 10.8. The van der Waals surface area contributed by atoms with Gasteiger partial charge in [0, 0.05) is 29.4 Å². The number of carbonyl (C=O) groups excluding carboxylic acids is 1. The van der Waals surface area contributed by atoms with Gasteiger partial charge in [0.2, 0.25) is 0 Å². The Morgan fingerprint density at radius 2 is 2.19 bits per heavy atom. The van der Waals surface area contributed by atoms with Gasteiger partial charge in [-0.2, -0.15) is 0 Å². The Hall–Kier alpha value is -1.67. The Balaban J connectivity index is 2.25. The van der Waals surface area contributed by atoms with Crippen LogP contribution in [0.25, 0.3) is 0 Å². The van der Waals surface area contributed by atoms with Gasteiger partial charge in [0.1, 0.15) is 6.29 Å². The van der Waals surface area contributed by atoms with Gasteiger partial charge >= 0.3 is 0 Å². The van der Waals surface area contributed by atoms with E-state index in [-0.39, 0.29) is 0 Å². The molecule has 2 rings (SSSR count). The second kappa shape index (κ2) is 4.90. The highest BCUT2D eigenvalue weighted by Gasteiger charge is 2.02. The van der Waals surface area contributed by atoms with Gasteiger partial charge in [0.25, 0.3) is 0 Å². The predicted octanol–water partition coefficient (Wildman–Crippen LogP) is 3.14. The van der Waals surface area contributed by atoms with Crippen molar-refractivity contribution in [3.63, 3.8) is 0 Å². The van der Waals surface area contributed by atoms with Gasteiger partial charge in [0.15, 0.2) is 0 Å². The standard InChI is InChI=1S/C13H10ClNO/c14-13-7-11(9-16)3-4-12(13)6-10-2-1-5-15-8-10/h1-5,7-9H,6H2. The molecule has 0 N–H and O–H groups in total. The first-order valence-corrected chi connectivity index (χ1v) is 5.30. The van der Waals surface area contributed by atoms with Crippen molar-refractivity contribution in [2.24, 2.45) is 0 Å². The largest absolute Gasteiger partial charge is 0.298 e. The summed E-state index contributed by atoms with van der Waals surface area (Å²) in [6.07, 6.45) is 5.07. The van der Waals surface area contributed by atoms with Crippen LogP contribution < -0.4 is 0 Å². The van der Waals surface area contributed by atoms with Gasteiger partial charge in [-0.05, 0) is 23.3 Å². The lowest BCUT2D eigenvalue weighted by molar-refractivity contribution is 0.112. The molecule has 1 heterocycles. The van der Waals surface area contributed by atoms with Crippen LogP contribution in [-0.4, -0.2) is 11.3 Å².